The maximum atomic E-state index is 12.3. The minimum Gasteiger partial charge on any atom is -0.307 e. The van der Waals surface area contributed by atoms with E-state index in [0.717, 1.165) is 39.2 Å². The first-order valence-corrected chi connectivity index (χ1v) is 8.18. The van der Waals surface area contributed by atoms with Crippen LogP contribution in [0.4, 0.5) is 0 Å². The molecule has 3 aromatic heterocycles. The molecule has 4 aromatic rings. The fourth-order valence-corrected chi connectivity index (χ4v) is 3.32. The molecule has 3 heterocycles. The highest BCUT2D eigenvalue weighted by Gasteiger charge is 2.17. The average molecular weight is 333 g/mol. The third-order valence-electron chi connectivity index (χ3n) is 4.37. The van der Waals surface area contributed by atoms with E-state index in [4.69, 9.17) is 0 Å². The van der Waals surface area contributed by atoms with E-state index >= 15 is 0 Å². The van der Waals surface area contributed by atoms with Gasteiger partial charge >= 0.3 is 0 Å². The summed E-state index contributed by atoms with van der Waals surface area (Å²) < 4.78 is 3.66. The molecule has 0 radical (unpaired) electrons. The van der Waals surface area contributed by atoms with Gasteiger partial charge in [0.15, 0.2) is 0 Å². The molecular formula is C19H19N5O. The van der Waals surface area contributed by atoms with Crippen LogP contribution in [-0.4, -0.2) is 24.5 Å². The van der Waals surface area contributed by atoms with Crippen molar-refractivity contribution in [3.05, 3.63) is 69.8 Å². The van der Waals surface area contributed by atoms with Gasteiger partial charge in [-0.3, -0.25) is 9.48 Å². The molecule has 0 atom stereocenters. The Hall–Kier alpha value is -3.15. The highest BCUT2D eigenvalue weighted by molar-refractivity contribution is 5.93. The van der Waals surface area contributed by atoms with Crippen molar-refractivity contribution in [1.29, 1.82) is 0 Å². The molecular weight excluding hydrogens is 314 g/mol. The fraction of sp³-hybridized carbons (Fsp3) is 0.211. The first-order chi connectivity index (χ1) is 12.0. The molecule has 0 bridgehead atoms. The molecule has 0 aliphatic rings. The van der Waals surface area contributed by atoms with Crippen molar-refractivity contribution in [2.75, 3.05) is 0 Å². The normalized spacial score (nSPS) is 11.3. The largest absolute Gasteiger partial charge is 0.307 e. The first-order valence-electron chi connectivity index (χ1n) is 8.18. The Morgan fingerprint density at radius 2 is 1.84 bits per heavy atom. The maximum absolute atomic E-state index is 12.3. The van der Waals surface area contributed by atoms with Crippen LogP contribution in [0.25, 0.3) is 22.3 Å². The summed E-state index contributed by atoms with van der Waals surface area (Å²) in [5.74, 6) is 0. The second-order valence-electron chi connectivity index (χ2n) is 6.29. The minimum absolute atomic E-state index is 0.143. The van der Waals surface area contributed by atoms with E-state index < -0.39 is 0 Å². The van der Waals surface area contributed by atoms with Gasteiger partial charge in [-0.05, 0) is 25.5 Å². The number of nitrogens with zero attached hydrogens (tertiary/aromatic N) is 4. The number of rotatable bonds is 3. The number of H-pyrrole nitrogens is 1. The van der Waals surface area contributed by atoms with Crippen LogP contribution in [0.15, 0.2) is 47.3 Å². The number of hydrogen-bond donors (Lipinski definition) is 1. The monoisotopic (exact) mass is 333 g/mol. The zero-order valence-corrected chi connectivity index (χ0v) is 14.4. The zero-order valence-electron chi connectivity index (χ0n) is 14.4. The predicted molar refractivity (Wildman–Crippen MR) is 97.6 cm³/mol. The van der Waals surface area contributed by atoms with E-state index in [2.05, 4.69) is 27.3 Å². The van der Waals surface area contributed by atoms with Gasteiger partial charge in [-0.1, -0.05) is 30.3 Å². The van der Waals surface area contributed by atoms with Gasteiger partial charge in [-0.25, -0.2) is 4.68 Å². The Kier molecular flexibility index (Phi) is 3.53. The summed E-state index contributed by atoms with van der Waals surface area (Å²) in [6, 6.07) is 13.7. The molecule has 6 heteroatoms. The number of aryl methyl sites for hydroxylation is 3. The molecule has 0 saturated heterocycles. The third-order valence-corrected chi connectivity index (χ3v) is 4.37. The van der Waals surface area contributed by atoms with E-state index in [9.17, 15) is 4.79 Å². The second-order valence-corrected chi connectivity index (χ2v) is 6.29. The zero-order chi connectivity index (χ0) is 17.6. The molecule has 1 aromatic carbocycles. The van der Waals surface area contributed by atoms with E-state index in [1.54, 1.807) is 10.7 Å². The third kappa shape index (κ3) is 2.65. The highest BCUT2D eigenvalue weighted by atomic mass is 16.1. The van der Waals surface area contributed by atoms with Gasteiger partial charge < -0.3 is 4.98 Å². The molecule has 0 amide bonds. The van der Waals surface area contributed by atoms with Gasteiger partial charge in [0.25, 0.3) is 0 Å². The number of pyridine rings is 1. The SMILES string of the molecule is Cc1cc(-c2cc(=O)[nH]c3c2c(C)nn3Cc2ccccc2)n(C)n1. The van der Waals surface area contributed by atoms with Crippen molar-refractivity contribution in [1.82, 2.24) is 24.5 Å². The lowest BCUT2D eigenvalue weighted by atomic mass is 10.1. The van der Waals surface area contributed by atoms with Gasteiger partial charge in [0.2, 0.25) is 5.56 Å². The molecule has 0 saturated carbocycles. The fourth-order valence-electron chi connectivity index (χ4n) is 3.32. The number of fused-ring (bicyclic) bond motifs is 1. The Bertz CT molecular complexity index is 1120. The van der Waals surface area contributed by atoms with Crippen molar-refractivity contribution >= 4 is 11.0 Å². The molecule has 126 valence electrons. The van der Waals surface area contributed by atoms with Crippen molar-refractivity contribution in [2.24, 2.45) is 7.05 Å². The number of hydrogen-bond acceptors (Lipinski definition) is 3. The van der Waals surface area contributed by atoms with Crippen LogP contribution in [0, 0.1) is 13.8 Å². The van der Waals surface area contributed by atoms with E-state index in [1.165, 1.54) is 0 Å². The van der Waals surface area contributed by atoms with Crippen LogP contribution in [-0.2, 0) is 13.6 Å². The minimum atomic E-state index is -0.143. The number of aromatic nitrogens is 5. The average Bonchev–Trinajstić information content (AvgIpc) is 3.07. The second kappa shape index (κ2) is 5.73. The van der Waals surface area contributed by atoms with Crippen molar-refractivity contribution < 1.29 is 0 Å². The highest BCUT2D eigenvalue weighted by Crippen LogP contribution is 2.29. The lowest BCUT2D eigenvalue weighted by molar-refractivity contribution is 0.695. The molecule has 0 aliphatic carbocycles. The van der Waals surface area contributed by atoms with Crippen molar-refractivity contribution in [2.45, 2.75) is 20.4 Å². The van der Waals surface area contributed by atoms with E-state index in [-0.39, 0.29) is 5.56 Å². The van der Waals surface area contributed by atoms with Crippen LogP contribution >= 0.6 is 0 Å². The summed E-state index contributed by atoms with van der Waals surface area (Å²) in [4.78, 5) is 15.2. The lowest BCUT2D eigenvalue weighted by Gasteiger charge is -2.06. The molecule has 25 heavy (non-hydrogen) atoms. The van der Waals surface area contributed by atoms with Crippen LogP contribution in [0.3, 0.4) is 0 Å². The Labute approximate surface area is 144 Å². The molecule has 0 spiro atoms. The molecule has 4 rings (SSSR count). The Balaban J connectivity index is 1.95. The van der Waals surface area contributed by atoms with Crippen LogP contribution < -0.4 is 5.56 Å². The smallest absolute Gasteiger partial charge is 0.250 e. The number of benzene rings is 1. The predicted octanol–water partition coefficient (Wildman–Crippen LogP) is 2.79. The summed E-state index contributed by atoms with van der Waals surface area (Å²) in [6.45, 7) is 4.52. The molecule has 0 aliphatic heterocycles. The molecule has 1 N–H and O–H groups in total. The summed E-state index contributed by atoms with van der Waals surface area (Å²) in [7, 11) is 1.89. The quantitative estimate of drug-likeness (QED) is 0.627. The summed E-state index contributed by atoms with van der Waals surface area (Å²) in [6.07, 6.45) is 0. The summed E-state index contributed by atoms with van der Waals surface area (Å²) in [5, 5.41) is 10.0. The maximum Gasteiger partial charge on any atom is 0.250 e. The van der Waals surface area contributed by atoms with E-state index in [1.807, 2.05) is 49.8 Å². The molecule has 0 fully saturated rings. The van der Waals surface area contributed by atoms with E-state index in [0.29, 0.717) is 6.54 Å². The Morgan fingerprint density at radius 3 is 2.52 bits per heavy atom. The van der Waals surface area contributed by atoms with Gasteiger partial charge in [-0.2, -0.15) is 10.2 Å². The van der Waals surface area contributed by atoms with Crippen molar-refractivity contribution in [3.8, 4) is 11.3 Å². The van der Waals surface area contributed by atoms with Gasteiger partial charge in [0.1, 0.15) is 5.65 Å². The van der Waals surface area contributed by atoms with Crippen molar-refractivity contribution in [3.63, 3.8) is 0 Å². The van der Waals surface area contributed by atoms with Gasteiger partial charge in [0, 0.05) is 24.1 Å². The topological polar surface area (TPSA) is 68.5 Å². The van der Waals surface area contributed by atoms with Gasteiger partial charge in [0.05, 0.1) is 23.6 Å². The van der Waals surface area contributed by atoms with Crippen LogP contribution in [0.5, 0.6) is 0 Å². The Morgan fingerprint density at radius 1 is 1.08 bits per heavy atom. The number of nitrogens with one attached hydrogen (secondary N) is 1. The number of aromatic amines is 1. The standard InChI is InChI=1S/C19H19N5O/c1-12-9-16(23(3)21-12)15-10-17(25)20-19-18(15)13(2)22-24(19)11-14-7-5-4-6-8-14/h4-10H,11H2,1-3H3,(H,20,25). The summed E-state index contributed by atoms with van der Waals surface area (Å²) in [5.41, 5.74) is 5.30. The first kappa shape index (κ1) is 15.4. The molecule has 0 unspecified atom stereocenters. The van der Waals surface area contributed by atoms with Crippen LogP contribution in [0.2, 0.25) is 0 Å². The lowest BCUT2D eigenvalue weighted by Crippen LogP contribution is -2.10. The summed E-state index contributed by atoms with van der Waals surface area (Å²) >= 11 is 0. The van der Waals surface area contributed by atoms with Gasteiger partial charge in [-0.15, -0.1) is 0 Å². The van der Waals surface area contributed by atoms with Crippen LogP contribution in [0.1, 0.15) is 17.0 Å². The molecule has 6 nitrogen and oxygen atoms in total.